The molecule has 0 bridgehead atoms. The summed E-state index contributed by atoms with van der Waals surface area (Å²) in [6.45, 7) is 4.53. The minimum absolute atomic E-state index is 0.920. The van der Waals surface area contributed by atoms with Gasteiger partial charge in [0.1, 0.15) is 11.2 Å². The van der Waals surface area contributed by atoms with Crippen LogP contribution in [0.3, 0.4) is 0 Å². The first kappa shape index (κ1) is 33.8. The lowest BCUT2D eigenvalue weighted by Gasteiger charge is -2.31. The van der Waals surface area contributed by atoms with Crippen LogP contribution >= 0.6 is 11.3 Å². The zero-order valence-corrected chi connectivity index (χ0v) is 33.6. The highest BCUT2D eigenvalue weighted by Gasteiger charge is 2.48. The van der Waals surface area contributed by atoms with Gasteiger partial charge in [-0.2, -0.15) is 0 Å². The van der Waals surface area contributed by atoms with Gasteiger partial charge in [0.15, 0.2) is 8.07 Å². The van der Waals surface area contributed by atoms with Crippen molar-refractivity contribution in [1.82, 2.24) is 0 Å². The van der Waals surface area contributed by atoms with Crippen LogP contribution < -0.4 is 20.7 Å². The third-order valence-electron chi connectivity index (χ3n) is 12.1. The Kier molecular flexibility index (Phi) is 7.89. The summed E-state index contributed by atoms with van der Waals surface area (Å²) in [5, 5.41) is 8.08. The molecular formula is C54H38OSSi. The van der Waals surface area contributed by atoms with Gasteiger partial charge in [0, 0.05) is 37.2 Å². The largest absolute Gasteiger partial charge is 0.455 e. The van der Waals surface area contributed by atoms with Crippen molar-refractivity contribution in [2.45, 2.75) is 13.8 Å². The predicted molar refractivity (Wildman–Crippen MR) is 245 cm³/mol. The van der Waals surface area contributed by atoms with Crippen molar-refractivity contribution < 1.29 is 4.42 Å². The first-order valence-corrected chi connectivity index (χ1v) is 22.5. The molecule has 2 aromatic heterocycles. The molecule has 8 aromatic carbocycles. The number of para-hydroxylation sites is 2. The highest BCUT2D eigenvalue weighted by atomic mass is 32.1. The quantitative estimate of drug-likeness (QED) is 0.154. The molecule has 0 spiro atoms. The number of benzene rings is 8. The molecule has 3 heterocycles. The summed E-state index contributed by atoms with van der Waals surface area (Å²) in [6.07, 6.45) is 0. The van der Waals surface area contributed by atoms with Crippen LogP contribution in [0.5, 0.6) is 0 Å². The first-order valence-electron chi connectivity index (χ1n) is 19.7. The molecular weight excluding hydrogens is 725 g/mol. The van der Waals surface area contributed by atoms with Gasteiger partial charge in [-0.25, -0.2) is 0 Å². The number of rotatable bonds is 6. The Hall–Kier alpha value is -6.52. The fraction of sp³-hybridized carbons (Fsp3) is 0.0370. The molecule has 11 rings (SSSR count). The molecule has 0 unspecified atom stereocenters. The lowest BCUT2D eigenvalue weighted by molar-refractivity contribution is 0.670. The fourth-order valence-corrected chi connectivity index (χ4v) is 15.9. The van der Waals surface area contributed by atoms with Gasteiger partial charge in [0.05, 0.1) is 0 Å². The Labute approximate surface area is 338 Å². The van der Waals surface area contributed by atoms with Crippen molar-refractivity contribution in [2.24, 2.45) is 0 Å². The van der Waals surface area contributed by atoms with Crippen LogP contribution in [0.2, 0.25) is 0 Å². The van der Waals surface area contributed by atoms with Gasteiger partial charge in [0.25, 0.3) is 0 Å². The molecule has 1 nitrogen and oxygen atoms in total. The number of aryl methyl sites for hydroxylation is 2. The van der Waals surface area contributed by atoms with Gasteiger partial charge < -0.3 is 4.42 Å². The molecule has 0 saturated heterocycles. The van der Waals surface area contributed by atoms with Crippen molar-refractivity contribution in [3.8, 4) is 55.6 Å². The van der Waals surface area contributed by atoms with Crippen molar-refractivity contribution in [2.75, 3.05) is 0 Å². The maximum atomic E-state index is 6.47. The van der Waals surface area contributed by atoms with E-state index in [9.17, 15) is 0 Å². The van der Waals surface area contributed by atoms with E-state index in [1.807, 2.05) is 17.4 Å². The van der Waals surface area contributed by atoms with Gasteiger partial charge in [0.2, 0.25) is 0 Å². The highest BCUT2D eigenvalue weighted by molar-refractivity contribution is 7.22. The maximum absolute atomic E-state index is 6.47. The van der Waals surface area contributed by atoms with Gasteiger partial charge in [-0.3, -0.25) is 0 Å². The van der Waals surface area contributed by atoms with Crippen LogP contribution in [-0.4, -0.2) is 8.07 Å². The number of fused-ring (bicyclic) bond motifs is 6. The minimum Gasteiger partial charge on any atom is -0.455 e. The van der Waals surface area contributed by atoms with Crippen LogP contribution in [0, 0.1) is 13.8 Å². The molecule has 0 amide bonds. The third-order valence-corrected chi connectivity index (χ3v) is 18.0. The summed E-state index contributed by atoms with van der Waals surface area (Å²) in [5.41, 5.74) is 14.4. The summed E-state index contributed by atoms with van der Waals surface area (Å²) in [7, 11) is -2.52. The van der Waals surface area contributed by atoms with Gasteiger partial charge in [-0.15, -0.1) is 11.3 Å². The molecule has 0 atom stereocenters. The normalized spacial score (nSPS) is 12.9. The molecule has 270 valence electrons. The Bertz CT molecular complexity index is 3110. The van der Waals surface area contributed by atoms with Crippen molar-refractivity contribution in [3.05, 3.63) is 204 Å². The summed E-state index contributed by atoms with van der Waals surface area (Å²) >= 11 is 1.88. The fourth-order valence-electron chi connectivity index (χ4n) is 9.68. The smallest absolute Gasteiger partial charge is 0.180 e. The van der Waals surface area contributed by atoms with E-state index in [0.717, 1.165) is 33.1 Å². The summed E-state index contributed by atoms with van der Waals surface area (Å²) in [5.74, 6) is 0. The van der Waals surface area contributed by atoms with E-state index < -0.39 is 8.07 Å². The third kappa shape index (κ3) is 5.20. The number of furan rings is 1. The molecule has 1 aliphatic heterocycles. The maximum Gasteiger partial charge on any atom is 0.180 e. The predicted octanol–water partition coefficient (Wildman–Crippen LogP) is 12.3. The zero-order chi connectivity index (χ0) is 38.1. The lowest BCUT2D eigenvalue weighted by atomic mass is 9.91. The second-order valence-electron chi connectivity index (χ2n) is 15.2. The summed E-state index contributed by atoms with van der Waals surface area (Å²) in [4.78, 5) is 2.65. The van der Waals surface area contributed by atoms with Crippen LogP contribution in [0.25, 0.3) is 77.6 Å². The Balaban J connectivity index is 1.03. The highest BCUT2D eigenvalue weighted by Crippen LogP contribution is 2.45. The minimum atomic E-state index is -2.52. The zero-order valence-electron chi connectivity index (χ0n) is 31.8. The van der Waals surface area contributed by atoms with Crippen molar-refractivity contribution >= 4 is 62.1 Å². The molecule has 0 aliphatic carbocycles. The molecule has 0 radical (unpaired) electrons. The van der Waals surface area contributed by atoms with Crippen LogP contribution in [0.15, 0.2) is 199 Å². The Morgan fingerprint density at radius 1 is 0.386 bits per heavy atom. The SMILES string of the molecule is Cc1sc(C)c(-c2cccc(-c3cccc4c3oc3ccccc34)c2)c1-c1cccc(-c2ccc3c(c2)-c2ccccc2[Si]3(c2ccccc2)c2ccccc2)c1. The molecule has 0 fully saturated rings. The first-order chi connectivity index (χ1) is 28.1. The lowest BCUT2D eigenvalue weighted by Crippen LogP contribution is -2.72. The van der Waals surface area contributed by atoms with E-state index in [1.54, 1.807) is 0 Å². The summed E-state index contributed by atoms with van der Waals surface area (Å²) in [6, 6.07) is 71.9. The molecule has 0 N–H and O–H groups in total. The van der Waals surface area contributed by atoms with Crippen LogP contribution in [-0.2, 0) is 0 Å². The van der Waals surface area contributed by atoms with Crippen molar-refractivity contribution in [3.63, 3.8) is 0 Å². The van der Waals surface area contributed by atoms with Gasteiger partial charge in [-0.05, 0) is 97.8 Å². The van der Waals surface area contributed by atoms with E-state index in [4.69, 9.17) is 4.42 Å². The van der Waals surface area contributed by atoms with E-state index >= 15 is 0 Å². The Morgan fingerprint density at radius 3 is 1.65 bits per heavy atom. The number of thiophene rings is 1. The molecule has 3 heteroatoms. The van der Waals surface area contributed by atoms with E-state index in [-0.39, 0.29) is 0 Å². The number of hydrogen-bond acceptors (Lipinski definition) is 2. The topological polar surface area (TPSA) is 13.1 Å². The monoisotopic (exact) mass is 762 g/mol. The molecule has 0 saturated carbocycles. The van der Waals surface area contributed by atoms with Crippen LogP contribution in [0.1, 0.15) is 9.75 Å². The molecule has 10 aromatic rings. The Morgan fingerprint density at radius 2 is 0.912 bits per heavy atom. The second-order valence-corrected chi connectivity index (χ2v) is 20.4. The van der Waals surface area contributed by atoms with Crippen molar-refractivity contribution in [1.29, 1.82) is 0 Å². The van der Waals surface area contributed by atoms with E-state index in [1.165, 1.54) is 75.0 Å². The van der Waals surface area contributed by atoms with E-state index in [0.29, 0.717) is 0 Å². The molecule has 57 heavy (non-hydrogen) atoms. The standard InChI is InChI=1S/C54H38OSSi/c1-35-52(53(36(2)56-35)41-19-14-17-39(33-41)44-26-15-27-47-45-24-9-11-28-49(45)55-54(44)47)40-18-13-16-37(32-40)38-30-31-51-48(34-38)46-25-10-12-29-50(46)57(51,42-20-5-3-6-21-42)43-22-7-4-8-23-43/h3-34H,1-2H3. The average molecular weight is 763 g/mol. The van der Waals surface area contributed by atoms with Crippen LogP contribution in [0.4, 0.5) is 0 Å². The summed E-state index contributed by atoms with van der Waals surface area (Å²) < 4.78 is 6.47. The number of hydrogen-bond donors (Lipinski definition) is 0. The van der Waals surface area contributed by atoms with Gasteiger partial charge >= 0.3 is 0 Å². The average Bonchev–Trinajstić information content (AvgIpc) is 3.91. The van der Waals surface area contributed by atoms with Gasteiger partial charge in [-0.1, -0.05) is 170 Å². The molecule has 1 aliphatic rings. The van der Waals surface area contributed by atoms with E-state index in [2.05, 4.69) is 202 Å². The second kappa shape index (κ2) is 13.3.